The van der Waals surface area contributed by atoms with E-state index in [1.54, 1.807) is 19.2 Å². The first-order chi connectivity index (χ1) is 14.4. The van der Waals surface area contributed by atoms with Gasteiger partial charge in [0.2, 0.25) is 10.0 Å². The molecule has 1 N–H and O–H groups in total. The molecule has 1 aliphatic carbocycles. The average molecular weight is 450 g/mol. The van der Waals surface area contributed by atoms with Crippen LogP contribution >= 0.6 is 11.6 Å². The van der Waals surface area contributed by atoms with Crippen molar-refractivity contribution in [1.82, 2.24) is 9.62 Å². The summed E-state index contributed by atoms with van der Waals surface area (Å²) in [6, 6.07) is 10.3. The first-order valence-corrected chi connectivity index (χ1v) is 12.1. The minimum atomic E-state index is -3.60. The molecule has 6 nitrogen and oxygen atoms in total. The molecule has 1 aliphatic heterocycles. The Labute approximate surface area is 183 Å². The van der Waals surface area contributed by atoms with Gasteiger partial charge in [-0.2, -0.15) is 0 Å². The molecule has 0 saturated carbocycles. The lowest BCUT2D eigenvalue weighted by Crippen LogP contribution is -2.45. The molecule has 0 bridgehead atoms. The third-order valence-corrected chi connectivity index (χ3v) is 7.85. The number of likely N-dealkylation sites (N-methyl/N-ethyl adjacent to an activating group) is 1. The van der Waals surface area contributed by atoms with Crippen LogP contribution in [0.1, 0.15) is 17.5 Å². The third-order valence-electron chi connectivity index (χ3n) is 6.07. The molecule has 2 aromatic rings. The smallest absolute Gasteiger partial charge is 0.240 e. The second-order valence-electron chi connectivity index (χ2n) is 8.05. The van der Waals surface area contributed by atoms with Crippen LogP contribution in [0.25, 0.3) is 0 Å². The molecule has 0 aromatic heterocycles. The number of rotatable bonds is 5. The fourth-order valence-electron chi connectivity index (χ4n) is 4.37. The molecule has 0 unspecified atom stereocenters. The number of nitrogens with zero attached hydrogens (tertiary/aromatic N) is 2. The van der Waals surface area contributed by atoms with Crippen LogP contribution in [-0.2, 0) is 22.9 Å². The normalized spacial score (nSPS) is 20.1. The Morgan fingerprint density at radius 2 is 1.73 bits per heavy atom. The second-order valence-corrected chi connectivity index (χ2v) is 10.2. The third kappa shape index (κ3) is 4.44. The number of ether oxygens (including phenoxy) is 1. The number of sulfonamides is 1. The molecule has 162 valence electrons. The van der Waals surface area contributed by atoms with Gasteiger partial charge in [0.25, 0.3) is 0 Å². The minimum absolute atomic E-state index is 0.171. The number of halogens is 1. The van der Waals surface area contributed by atoms with Crippen LogP contribution in [0.5, 0.6) is 5.75 Å². The molecule has 0 spiro atoms. The first kappa shape index (κ1) is 21.4. The van der Waals surface area contributed by atoms with E-state index in [1.807, 2.05) is 6.07 Å². The molecule has 2 aliphatic rings. The molecule has 0 radical (unpaired) electrons. The molecule has 1 atom stereocenters. The van der Waals surface area contributed by atoms with Gasteiger partial charge in [0.1, 0.15) is 5.75 Å². The molecular formula is C22H28ClN3O3S. The number of hydrogen-bond acceptors (Lipinski definition) is 5. The van der Waals surface area contributed by atoms with Crippen molar-refractivity contribution >= 4 is 27.3 Å². The van der Waals surface area contributed by atoms with Crippen molar-refractivity contribution in [2.24, 2.45) is 0 Å². The van der Waals surface area contributed by atoms with E-state index in [0.717, 1.165) is 50.3 Å². The van der Waals surface area contributed by atoms with E-state index >= 15 is 0 Å². The fourth-order valence-corrected chi connectivity index (χ4v) is 5.76. The van der Waals surface area contributed by atoms with Gasteiger partial charge in [-0.3, -0.25) is 0 Å². The zero-order valence-electron chi connectivity index (χ0n) is 17.4. The summed E-state index contributed by atoms with van der Waals surface area (Å²) in [5, 5.41) is 0.515. The van der Waals surface area contributed by atoms with Crippen LogP contribution in [0.15, 0.2) is 41.3 Å². The summed E-state index contributed by atoms with van der Waals surface area (Å²) in [6.45, 7) is 4.10. The topological polar surface area (TPSA) is 61.9 Å². The Bertz CT molecular complexity index is 1000. The summed E-state index contributed by atoms with van der Waals surface area (Å²) in [5.41, 5.74) is 3.67. The van der Waals surface area contributed by atoms with Gasteiger partial charge in [-0.1, -0.05) is 11.6 Å². The van der Waals surface area contributed by atoms with Crippen molar-refractivity contribution in [3.63, 3.8) is 0 Å². The lowest BCUT2D eigenvalue weighted by molar-refractivity contribution is 0.312. The number of piperazine rings is 1. The molecule has 4 rings (SSSR count). The highest BCUT2D eigenvalue weighted by atomic mass is 35.5. The van der Waals surface area contributed by atoms with E-state index in [0.29, 0.717) is 11.4 Å². The van der Waals surface area contributed by atoms with Gasteiger partial charge in [-0.15, -0.1) is 0 Å². The van der Waals surface area contributed by atoms with Gasteiger partial charge in [-0.25, -0.2) is 13.1 Å². The van der Waals surface area contributed by atoms with Crippen LogP contribution < -0.4 is 14.4 Å². The maximum absolute atomic E-state index is 12.8. The zero-order chi connectivity index (χ0) is 21.3. The van der Waals surface area contributed by atoms with Crippen molar-refractivity contribution in [1.29, 1.82) is 0 Å². The number of methoxy groups -OCH3 is 1. The van der Waals surface area contributed by atoms with Crippen LogP contribution in [-0.4, -0.2) is 59.7 Å². The summed E-state index contributed by atoms with van der Waals surface area (Å²) < 4.78 is 34.2. The summed E-state index contributed by atoms with van der Waals surface area (Å²) in [4.78, 5) is 5.01. The van der Waals surface area contributed by atoms with Crippen molar-refractivity contribution < 1.29 is 13.2 Å². The molecule has 0 amide bonds. The summed E-state index contributed by atoms with van der Waals surface area (Å²) in [6.07, 6.45) is 2.20. The highest BCUT2D eigenvalue weighted by molar-refractivity contribution is 7.89. The maximum Gasteiger partial charge on any atom is 0.240 e. The van der Waals surface area contributed by atoms with E-state index in [2.05, 4.69) is 27.6 Å². The lowest BCUT2D eigenvalue weighted by atomic mass is 9.86. The Morgan fingerprint density at radius 1 is 1.03 bits per heavy atom. The fraction of sp³-hybridized carbons (Fsp3) is 0.455. The van der Waals surface area contributed by atoms with Gasteiger partial charge in [0, 0.05) is 48.5 Å². The van der Waals surface area contributed by atoms with Crippen molar-refractivity contribution in [3.05, 3.63) is 52.5 Å². The Hall–Kier alpha value is -1.80. The van der Waals surface area contributed by atoms with Gasteiger partial charge < -0.3 is 14.5 Å². The molecule has 1 fully saturated rings. The molecule has 30 heavy (non-hydrogen) atoms. The van der Waals surface area contributed by atoms with Crippen molar-refractivity contribution in [3.8, 4) is 5.75 Å². The largest absolute Gasteiger partial charge is 0.496 e. The predicted octanol–water partition coefficient (Wildman–Crippen LogP) is 2.94. The van der Waals surface area contributed by atoms with Crippen LogP contribution in [0.2, 0.25) is 5.02 Å². The number of nitrogens with one attached hydrogen (secondary N) is 1. The highest BCUT2D eigenvalue weighted by Crippen LogP contribution is 2.37. The standard InChI is InChI=1S/C22H28ClN3O3S/c1-25-11-13-26(14-12-25)21-9-10-22(29-2)20-15-17(5-8-19(20)21)24-30(27,28)18-6-3-16(23)4-7-18/h3-4,6-7,9-10,17,24H,5,8,11-15H2,1-2H3/t17-/m1/s1. The van der Waals surface area contributed by atoms with E-state index in [1.165, 1.54) is 23.4 Å². The van der Waals surface area contributed by atoms with Crippen LogP contribution in [0, 0.1) is 0 Å². The maximum atomic E-state index is 12.8. The molecular weight excluding hydrogens is 422 g/mol. The summed E-state index contributed by atoms with van der Waals surface area (Å²) >= 11 is 5.89. The van der Waals surface area contributed by atoms with Gasteiger partial charge in [0.05, 0.1) is 12.0 Å². The number of anilines is 1. The monoisotopic (exact) mass is 449 g/mol. The van der Waals surface area contributed by atoms with Crippen molar-refractivity contribution in [2.45, 2.75) is 30.2 Å². The minimum Gasteiger partial charge on any atom is -0.496 e. The molecule has 8 heteroatoms. The number of fused-ring (bicyclic) bond motifs is 1. The SMILES string of the molecule is COc1ccc(N2CCN(C)CC2)c2c1C[C@H](NS(=O)(=O)c1ccc(Cl)cc1)CC2. The average Bonchev–Trinajstić information content (AvgIpc) is 2.73. The van der Waals surface area contributed by atoms with E-state index < -0.39 is 10.0 Å². The Kier molecular flexibility index (Phi) is 6.25. The second kappa shape index (κ2) is 8.75. The van der Waals surface area contributed by atoms with E-state index in [9.17, 15) is 8.42 Å². The molecule has 2 aromatic carbocycles. The van der Waals surface area contributed by atoms with Crippen molar-refractivity contribution in [2.75, 3.05) is 45.2 Å². The van der Waals surface area contributed by atoms with Crippen LogP contribution in [0.3, 0.4) is 0 Å². The van der Waals surface area contributed by atoms with Gasteiger partial charge in [0.15, 0.2) is 0 Å². The lowest BCUT2D eigenvalue weighted by Gasteiger charge is -2.37. The van der Waals surface area contributed by atoms with E-state index in [4.69, 9.17) is 16.3 Å². The van der Waals surface area contributed by atoms with Gasteiger partial charge >= 0.3 is 0 Å². The quantitative estimate of drug-likeness (QED) is 0.760. The summed E-state index contributed by atoms with van der Waals surface area (Å²) in [7, 11) is 0.223. The molecule has 1 heterocycles. The van der Waals surface area contributed by atoms with E-state index in [-0.39, 0.29) is 10.9 Å². The molecule has 1 saturated heterocycles. The Balaban J connectivity index is 1.57. The highest BCUT2D eigenvalue weighted by Gasteiger charge is 2.29. The predicted molar refractivity (Wildman–Crippen MR) is 120 cm³/mol. The number of hydrogen-bond donors (Lipinski definition) is 1. The van der Waals surface area contributed by atoms with Crippen LogP contribution in [0.4, 0.5) is 5.69 Å². The zero-order valence-corrected chi connectivity index (χ0v) is 19.0. The number of benzene rings is 2. The first-order valence-electron chi connectivity index (χ1n) is 10.3. The summed E-state index contributed by atoms with van der Waals surface area (Å²) in [5.74, 6) is 0.832. The van der Waals surface area contributed by atoms with Gasteiger partial charge in [-0.05, 0) is 68.3 Å². The Morgan fingerprint density at radius 3 is 2.40 bits per heavy atom.